The van der Waals surface area contributed by atoms with E-state index in [1.54, 1.807) is 42.7 Å². The minimum atomic E-state index is -0.735. The molecule has 0 N–H and O–H groups in total. The second-order valence-corrected chi connectivity index (χ2v) is 7.50. The van der Waals surface area contributed by atoms with Gasteiger partial charge in [-0.15, -0.1) is 15.3 Å². The molecular formula is C20H18BrN5O4. The Morgan fingerprint density at radius 2 is 2.03 bits per heavy atom. The molecule has 0 spiro atoms. The van der Waals surface area contributed by atoms with Crippen LogP contribution in [0.1, 0.15) is 29.6 Å². The lowest BCUT2D eigenvalue weighted by atomic mass is 10.2. The fourth-order valence-electron chi connectivity index (χ4n) is 3.08. The van der Waals surface area contributed by atoms with Crippen LogP contribution in [0.2, 0.25) is 0 Å². The summed E-state index contributed by atoms with van der Waals surface area (Å²) in [6, 6.07) is 10.1. The number of amides is 1. The molecule has 9 nitrogen and oxygen atoms in total. The van der Waals surface area contributed by atoms with E-state index in [4.69, 9.17) is 9.57 Å². The number of fused-ring (bicyclic) bond motifs is 5. The first-order chi connectivity index (χ1) is 14.7. The topological polar surface area (TPSA) is 99.4 Å². The quantitative estimate of drug-likeness (QED) is 0.501. The summed E-state index contributed by atoms with van der Waals surface area (Å²) in [5.41, 5.74) is 0.727. The second kappa shape index (κ2) is 9.04. The molecule has 154 valence electrons. The van der Waals surface area contributed by atoms with Crippen LogP contribution in [-0.4, -0.2) is 38.7 Å². The van der Waals surface area contributed by atoms with Crippen LogP contribution in [0.15, 0.2) is 47.2 Å². The van der Waals surface area contributed by atoms with Gasteiger partial charge in [0.05, 0.1) is 6.61 Å². The Morgan fingerprint density at radius 1 is 1.13 bits per heavy atom. The van der Waals surface area contributed by atoms with Crippen molar-refractivity contribution in [2.75, 3.05) is 11.7 Å². The summed E-state index contributed by atoms with van der Waals surface area (Å²) in [6.45, 7) is 1.18. The van der Waals surface area contributed by atoms with E-state index >= 15 is 0 Å². The van der Waals surface area contributed by atoms with Gasteiger partial charge in [0.2, 0.25) is 6.41 Å². The van der Waals surface area contributed by atoms with Crippen molar-refractivity contribution in [2.45, 2.75) is 25.8 Å². The van der Waals surface area contributed by atoms with Crippen LogP contribution in [0.4, 0.5) is 5.82 Å². The first-order valence-electron chi connectivity index (χ1n) is 9.40. The molecule has 10 heteroatoms. The number of pyridine rings is 1. The number of hydrogen-bond acceptors (Lipinski definition) is 7. The van der Waals surface area contributed by atoms with Crippen LogP contribution < -0.4 is 9.80 Å². The van der Waals surface area contributed by atoms with Gasteiger partial charge in [-0.1, -0.05) is 22.0 Å². The van der Waals surface area contributed by atoms with Gasteiger partial charge in [-0.2, -0.15) is 0 Å². The van der Waals surface area contributed by atoms with Gasteiger partial charge in [-0.3, -0.25) is 4.79 Å². The van der Waals surface area contributed by atoms with Gasteiger partial charge in [0.15, 0.2) is 11.6 Å². The SMILES string of the molecule is O=CN1OC(=O)c2cc(Br)ccc2OCCCCCn2cnnc2-c2cccc1n2. The summed E-state index contributed by atoms with van der Waals surface area (Å²) >= 11 is 3.35. The number of aromatic nitrogens is 4. The highest BCUT2D eigenvalue weighted by Gasteiger charge is 2.21. The van der Waals surface area contributed by atoms with E-state index in [1.807, 2.05) is 4.57 Å². The molecule has 0 unspecified atom stereocenters. The molecule has 2 bridgehead atoms. The molecule has 2 aromatic heterocycles. The van der Waals surface area contributed by atoms with Crippen LogP contribution in [0.25, 0.3) is 11.5 Å². The molecular weight excluding hydrogens is 454 g/mol. The monoisotopic (exact) mass is 471 g/mol. The Balaban J connectivity index is 1.72. The zero-order valence-corrected chi connectivity index (χ0v) is 17.5. The normalized spacial score (nSPS) is 14.8. The van der Waals surface area contributed by atoms with Crippen LogP contribution in [0, 0.1) is 0 Å². The number of ether oxygens (including phenoxy) is 1. The standard InChI is InChI=1S/C20H18BrN5O4/c21-14-7-8-17-15(11-14)20(28)30-26(13-27)18-6-4-5-16(23-18)19-24-22-12-25(19)9-2-1-3-10-29-17/h4-8,11-13H,1-3,9-10H2. The summed E-state index contributed by atoms with van der Waals surface area (Å²) < 4.78 is 8.40. The third-order valence-electron chi connectivity index (χ3n) is 4.54. The number of aryl methyl sites for hydroxylation is 1. The minimum absolute atomic E-state index is 0.148. The lowest BCUT2D eigenvalue weighted by Gasteiger charge is -2.18. The van der Waals surface area contributed by atoms with Crippen molar-refractivity contribution in [2.24, 2.45) is 0 Å². The van der Waals surface area contributed by atoms with E-state index in [9.17, 15) is 9.59 Å². The van der Waals surface area contributed by atoms with Crippen molar-refractivity contribution in [3.8, 4) is 17.3 Å². The summed E-state index contributed by atoms with van der Waals surface area (Å²) in [5, 5.41) is 8.90. The van der Waals surface area contributed by atoms with Crippen molar-refractivity contribution in [3.63, 3.8) is 0 Å². The van der Waals surface area contributed by atoms with Crippen LogP contribution in [-0.2, 0) is 16.2 Å². The highest BCUT2D eigenvalue weighted by molar-refractivity contribution is 9.10. The zero-order chi connectivity index (χ0) is 20.9. The number of hydrogen-bond donors (Lipinski definition) is 0. The number of carbonyl (C=O) groups is 2. The summed E-state index contributed by atoms with van der Waals surface area (Å²) in [6.07, 6.45) is 4.69. The van der Waals surface area contributed by atoms with E-state index in [0.29, 0.717) is 34.8 Å². The van der Waals surface area contributed by atoms with Crippen molar-refractivity contribution >= 4 is 34.1 Å². The summed E-state index contributed by atoms with van der Waals surface area (Å²) in [7, 11) is 0. The van der Waals surface area contributed by atoms with Gasteiger partial charge in [-0.05, 0) is 49.6 Å². The minimum Gasteiger partial charge on any atom is -0.493 e. The fourth-order valence-corrected chi connectivity index (χ4v) is 3.44. The molecule has 30 heavy (non-hydrogen) atoms. The van der Waals surface area contributed by atoms with E-state index < -0.39 is 5.97 Å². The van der Waals surface area contributed by atoms with E-state index in [2.05, 4.69) is 31.1 Å². The molecule has 4 rings (SSSR count). The predicted octanol–water partition coefficient (Wildman–Crippen LogP) is 3.40. The molecule has 3 aromatic rings. The molecule has 0 fully saturated rings. The molecule has 3 heterocycles. The Kier molecular flexibility index (Phi) is 6.03. The number of nitrogens with zero attached hydrogens (tertiary/aromatic N) is 5. The third-order valence-corrected chi connectivity index (χ3v) is 5.04. The predicted molar refractivity (Wildman–Crippen MR) is 111 cm³/mol. The Morgan fingerprint density at radius 3 is 2.90 bits per heavy atom. The molecule has 1 aliphatic heterocycles. The zero-order valence-electron chi connectivity index (χ0n) is 15.9. The molecule has 0 radical (unpaired) electrons. The average molecular weight is 472 g/mol. The summed E-state index contributed by atoms with van der Waals surface area (Å²) in [5.74, 6) is 0.381. The van der Waals surface area contributed by atoms with Gasteiger partial charge in [0, 0.05) is 11.0 Å². The maximum Gasteiger partial charge on any atom is 0.367 e. The average Bonchev–Trinajstić information content (AvgIpc) is 3.23. The van der Waals surface area contributed by atoms with Gasteiger partial charge in [0.1, 0.15) is 23.3 Å². The molecule has 1 amide bonds. The Hall–Kier alpha value is -3.27. The highest BCUT2D eigenvalue weighted by Crippen LogP contribution is 2.26. The highest BCUT2D eigenvalue weighted by atomic mass is 79.9. The third kappa shape index (κ3) is 4.33. The molecule has 1 aliphatic rings. The first kappa shape index (κ1) is 20.0. The van der Waals surface area contributed by atoms with Crippen molar-refractivity contribution in [1.82, 2.24) is 19.7 Å². The fraction of sp³-hybridized carbons (Fsp3) is 0.250. The molecule has 0 aliphatic carbocycles. The van der Waals surface area contributed by atoms with Gasteiger partial charge >= 0.3 is 5.97 Å². The van der Waals surface area contributed by atoms with Crippen LogP contribution >= 0.6 is 15.9 Å². The van der Waals surface area contributed by atoms with Gasteiger partial charge < -0.3 is 14.1 Å². The van der Waals surface area contributed by atoms with Crippen molar-refractivity contribution in [3.05, 3.63) is 52.8 Å². The number of carbonyl (C=O) groups excluding carboxylic acids is 2. The van der Waals surface area contributed by atoms with E-state index in [0.717, 1.165) is 30.9 Å². The largest absolute Gasteiger partial charge is 0.493 e. The molecule has 0 saturated heterocycles. The Labute approximate surface area is 180 Å². The molecule has 0 saturated carbocycles. The number of anilines is 1. The maximum atomic E-state index is 12.8. The summed E-state index contributed by atoms with van der Waals surface area (Å²) in [4.78, 5) is 34.2. The van der Waals surface area contributed by atoms with Crippen molar-refractivity contribution in [1.29, 1.82) is 0 Å². The number of halogens is 1. The first-order valence-corrected chi connectivity index (χ1v) is 10.2. The van der Waals surface area contributed by atoms with Crippen LogP contribution in [0.5, 0.6) is 5.75 Å². The van der Waals surface area contributed by atoms with Crippen LogP contribution in [0.3, 0.4) is 0 Å². The van der Waals surface area contributed by atoms with Gasteiger partial charge in [0.25, 0.3) is 0 Å². The second-order valence-electron chi connectivity index (χ2n) is 6.59. The maximum absolute atomic E-state index is 12.8. The number of benzene rings is 1. The molecule has 1 aromatic carbocycles. The number of hydroxylamine groups is 1. The van der Waals surface area contributed by atoms with Gasteiger partial charge in [-0.25, -0.2) is 9.78 Å². The van der Waals surface area contributed by atoms with E-state index in [1.165, 1.54) is 0 Å². The lowest BCUT2D eigenvalue weighted by Crippen LogP contribution is -2.27. The smallest absolute Gasteiger partial charge is 0.367 e. The van der Waals surface area contributed by atoms with E-state index in [-0.39, 0.29) is 11.4 Å². The Bertz CT molecular complexity index is 1070. The van der Waals surface area contributed by atoms with Crippen molar-refractivity contribution < 1.29 is 19.2 Å². The number of rotatable bonds is 1. The molecule has 0 atom stereocenters. The lowest BCUT2D eigenvalue weighted by molar-refractivity contribution is -0.112.